The van der Waals surface area contributed by atoms with Crippen LogP contribution in [-0.2, 0) is 18.9 Å². The molecule has 2 bridgehead atoms. The summed E-state index contributed by atoms with van der Waals surface area (Å²) in [6, 6.07) is 0. The van der Waals surface area contributed by atoms with Gasteiger partial charge in [0.05, 0.1) is 33.5 Å². The molecule has 0 radical (unpaired) electrons. The fourth-order valence-electron chi connectivity index (χ4n) is 8.75. The SMILES string of the molecule is CO/C(CO)=C1/CCC2C3CC=C4CC5(OCCO5)C5COCC4(C5)C3CCC12C. The predicted molar refractivity (Wildman–Crippen MR) is 111 cm³/mol. The molecular weight excluding hydrogens is 380 g/mol. The quantitative estimate of drug-likeness (QED) is 0.548. The molecule has 0 amide bonds. The zero-order valence-electron chi connectivity index (χ0n) is 18.5. The van der Waals surface area contributed by atoms with Crippen LogP contribution in [0.25, 0.3) is 0 Å². The van der Waals surface area contributed by atoms with Gasteiger partial charge in [-0.2, -0.15) is 0 Å². The van der Waals surface area contributed by atoms with E-state index < -0.39 is 5.79 Å². The van der Waals surface area contributed by atoms with Crippen LogP contribution in [0.2, 0.25) is 0 Å². The van der Waals surface area contributed by atoms with E-state index in [2.05, 4.69) is 13.0 Å². The third-order valence-corrected chi connectivity index (χ3v) is 10.1. The molecular formula is C25H36O5. The van der Waals surface area contributed by atoms with Gasteiger partial charge < -0.3 is 24.1 Å². The summed E-state index contributed by atoms with van der Waals surface area (Å²) < 4.78 is 24.3. The number of methoxy groups -OCH3 is 1. The molecule has 0 aromatic carbocycles. The van der Waals surface area contributed by atoms with Gasteiger partial charge >= 0.3 is 0 Å². The van der Waals surface area contributed by atoms with Gasteiger partial charge in [-0.25, -0.2) is 0 Å². The van der Waals surface area contributed by atoms with Gasteiger partial charge in [-0.3, -0.25) is 0 Å². The molecule has 2 spiro atoms. The van der Waals surface area contributed by atoms with Gasteiger partial charge in [0.15, 0.2) is 5.79 Å². The minimum Gasteiger partial charge on any atom is -0.499 e. The van der Waals surface area contributed by atoms with Gasteiger partial charge in [-0.1, -0.05) is 18.6 Å². The van der Waals surface area contributed by atoms with E-state index in [0.717, 1.165) is 44.7 Å². The molecule has 1 N–H and O–H groups in total. The number of fused-ring (bicyclic) bond motifs is 5. The summed E-state index contributed by atoms with van der Waals surface area (Å²) >= 11 is 0. The topological polar surface area (TPSA) is 57.2 Å². The molecule has 0 aromatic rings. The van der Waals surface area contributed by atoms with Crippen molar-refractivity contribution in [3.05, 3.63) is 23.0 Å². The first-order chi connectivity index (χ1) is 14.6. The molecule has 5 heteroatoms. The molecule has 6 aliphatic rings. The number of allylic oxidation sites excluding steroid dienone is 2. The second kappa shape index (κ2) is 6.81. The molecule has 2 heterocycles. The Balaban J connectivity index is 1.36. The Morgan fingerprint density at radius 2 is 2.07 bits per heavy atom. The van der Waals surface area contributed by atoms with Crippen molar-refractivity contribution in [1.29, 1.82) is 0 Å². The number of aliphatic hydroxyl groups is 1. The first kappa shape index (κ1) is 19.8. The average Bonchev–Trinajstić information content (AvgIpc) is 3.36. The fourth-order valence-corrected chi connectivity index (χ4v) is 8.75. The number of hydrogen-bond acceptors (Lipinski definition) is 5. The first-order valence-electron chi connectivity index (χ1n) is 12.0. The van der Waals surface area contributed by atoms with Crippen molar-refractivity contribution in [2.45, 2.75) is 57.7 Å². The van der Waals surface area contributed by atoms with Crippen LogP contribution in [0.15, 0.2) is 23.0 Å². The zero-order valence-corrected chi connectivity index (χ0v) is 18.5. The fraction of sp³-hybridized carbons (Fsp3) is 0.840. The second-order valence-corrected chi connectivity index (χ2v) is 10.9. The minimum absolute atomic E-state index is 0.0217. The Hall–Kier alpha value is -0.880. The summed E-state index contributed by atoms with van der Waals surface area (Å²) in [5.74, 6) is 2.81. The Labute approximate surface area is 179 Å². The molecule has 3 saturated carbocycles. The van der Waals surface area contributed by atoms with E-state index in [1.165, 1.54) is 24.8 Å². The van der Waals surface area contributed by atoms with Gasteiger partial charge in [0.25, 0.3) is 0 Å². The lowest BCUT2D eigenvalue weighted by molar-refractivity contribution is -0.258. The van der Waals surface area contributed by atoms with Crippen molar-refractivity contribution in [2.75, 3.05) is 40.1 Å². The lowest BCUT2D eigenvalue weighted by Crippen LogP contribution is -2.61. The van der Waals surface area contributed by atoms with Crippen LogP contribution < -0.4 is 0 Å². The highest BCUT2D eigenvalue weighted by molar-refractivity contribution is 5.33. The summed E-state index contributed by atoms with van der Waals surface area (Å²) in [5, 5.41) is 9.86. The first-order valence-corrected chi connectivity index (χ1v) is 12.0. The van der Waals surface area contributed by atoms with E-state index in [4.69, 9.17) is 18.9 Å². The van der Waals surface area contributed by atoms with E-state index in [1.54, 1.807) is 12.7 Å². The van der Waals surface area contributed by atoms with Crippen LogP contribution in [0.1, 0.15) is 51.9 Å². The molecule has 5 nitrogen and oxygen atoms in total. The molecule has 6 atom stereocenters. The number of hydrogen-bond donors (Lipinski definition) is 1. The van der Waals surface area contributed by atoms with Crippen molar-refractivity contribution in [2.24, 2.45) is 34.5 Å². The Kier molecular flexibility index (Phi) is 4.49. The molecule has 2 aliphatic heterocycles. The van der Waals surface area contributed by atoms with Gasteiger partial charge in [-0.15, -0.1) is 0 Å². The Morgan fingerprint density at radius 1 is 1.23 bits per heavy atom. The van der Waals surface area contributed by atoms with Crippen LogP contribution in [0.4, 0.5) is 0 Å². The highest BCUT2D eigenvalue weighted by Gasteiger charge is 2.64. The van der Waals surface area contributed by atoms with Crippen molar-refractivity contribution >= 4 is 0 Å². The normalized spacial score (nSPS) is 47.9. The van der Waals surface area contributed by atoms with E-state index in [-0.39, 0.29) is 17.4 Å². The molecule has 2 saturated heterocycles. The minimum atomic E-state index is -0.427. The molecule has 0 aromatic heterocycles. The van der Waals surface area contributed by atoms with E-state index in [1.807, 2.05) is 0 Å². The van der Waals surface area contributed by atoms with Crippen molar-refractivity contribution in [3.63, 3.8) is 0 Å². The average molecular weight is 417 g/mol. The van der Waals surface area contributed by atoms with Gasteiger partial charge in [-0.05, 0) is 67.3 Å². The molecule has 166 valence electrons. The summed E-state index contributed by atoms with van der Waals surface area (Å²) in [6.07, 6.45) is 10.5. The van der Waals surface area contributed by atoms with Gasteiger partial charge in [0.2, 0.25) is 0 Å². The number of aliphatic hydroxyl groups excluding tert-OH is 1. The Bertz CT molecular complexity index is 774. The maximum Gasteiger partial charge on any atom is 0.177 e. The third kappa shape index (κ3) is 2.44. The van der Waals surface area contributed by atoms with Crippen molar-refractivity contribution in [1.82, 2.24) is 0 Å². The number of rotatable bonds is 2. The predicted octanol–water partition coefficient (Wildman–Crippen LogP) is 3.82. The van der Waals surface area contributed by atoms with Crippen LogP contribution in [0, 0.1) is 34.5 Å². The van der Waals surface area contributed by atoms with Crippen LogP contribution in [-0.4, -0.2) is 51.0 Å². The van der Waals surface area contributed by atoms with E-state index in [0.29, 0.717) is 36.9 Å². The second-order valence-electron chi connectivity index (χ2n) is 10.9. The summed E-state index contributed by atoms with van der Waals surface area (Å²) in [4.78, 5) is 0. The van der Waals surface area contributed by atoms with Gasteiger partial charge in [0.1, 0.15) is 12.4 Å². The van der Waals surface area contributed by atoms with Crippen LogP contribution in [0.5, 0.6) is 0 Å². The number of ether oxygens (including phenoxy) is 4. The highest BCUT2D eigenvalue weighted by atomic mass is 16.7. The lowest BCUT2D eigenvalue weighted by Gasteiger charge is -2.62. The maximum absolute atomic E-state index is 9.86. The lowest BCUT2D eigenvalue weighted by atomic mass is 9.45. The third-order valence-electron chi connectivity index (χ3n) is 10.1. The standard InChI is InChI=1S/C25H36O5/c1-23-8-7-20-18(19(23)5-6-21(23)22(13-26)27-2)4-3-16-12-25(29-9-10-30-25)17-11-24(16,20)15-28-14-17/h3,17-20,26H,4-15H2,1-2H3/b22-21-. The molecule has 5 fully saturated rings. The summed E-state index contributed by atoms with van der Waals surface area (Å²) in [5.41, 5.74) is 3.30. The molecule has 6 unspecified atom stereocenters. The smallest absolute Gasteiger partial charge is 0.177 e. The van der Waals surface area contributed by atoms with E-state index in [9.17, 15) is 5.11 Å². The van der Waals surface area contributed by atoms with Crippen LogP contribution in [0.3, 0.4) is 0 Å². The largest absolute Gasteiger partial charge is 0.499 e. The van der Waals surface area contributed by atoms with Gasteiger partial charge in [0, 0.05) is 17.8 Å². The summed E-state index contributed by atoms with van der Waals surface area (Å²) in [7, 11) is 1.71. The van der Waals surface area contributed by atoms with E-state index >= 15 is 0 Å². The highest BCUT2D eigenvalue weighted by Crippen LogP contribution is 2.68. The molecule has 30 heavy (non-hydrogen) atoms. The monoisotopic (exact) mass is 416 g/mol. The molecule has 4 aliphatic carbocycles. The zero-order chi connectivity index (χ0) is 20.6. The Morgan fingerprint density at radius 3 is 2.83 bits per heavy atom. The van der Waals surface area contributed by atoms with Crippen molar-refractivity contribution in [3.8, 4) is 0 Å². The maximum atomic E-state index is 9.86. The summed E-state index contributed by atoms with van der Waals surface area (Å²) in [6.45, 7) is 5.54. The molecule has 6 rings (SSSR count). The van der Waals surface area contributed by atoms with Crippen molar-refractivity contribution < 1.29 is 24.1 Å². The van der Waals surface area contributed by atoms with Crippen LogP contribution >= 0.6 is 0 Å².